The molecule has 2 atom stereocenters. The van der Waals surface area contributed by atoms with Crippen molar-refractivity contribution in [2.75, 3.05) is 13.2 Å². The van der Waals surface area contributed by atoms with Crippen molar-refractivity contribution in [2.45, 2.75) is 51.1 Å². The summed E-state index contributed by atoms with van der Waals surface area (Å²) >= 11 is 0. The molecular weight excluding hydrogens is 380 g/mol. The lowest BCUT2D eigenvalue weighted by atomic mass is 10.1. The van der Waals surface area contributed by atoms with E-state index in [9.17, 15) is 4.79 Å². The number of benzene rings is 2. The third-order valence-corrected chi connectivity index (χ3v) is 5.23. The molecule has 2 aromatic carbocycles. The number of carbonyl (C=O) groups excluding carboxylic acids is 1. The van der Waals surface area contributed by atoms with Gasteiger partial charge in [-0.05, 0) is 73.7 Å². The maximum atomic E-state index is 12.5. The van der Waals surface area contributed by atoms with Gasteiger partial charge in [0.15, 0.2) is 18.4 Å². The Kier molecular flexibility index (Phi) is 7.16. The van der Waals surface area contributed by atoms with Crippen LogP contribution in [0.1, 0.15) is 54.4 Å². The van der Waals surface area contributed by atoms with Gasteiger partial charge in [-0.3, -0.25) is 4.79 Å². The Balaban J connectivity index is 1.33. The first kappa shape index (κ1) is 20.6. The summed E-state index contributed by atoms with van der Waals surface area (Å²) in [4.78, 5) is 12.5. The van der Waals surface area contributed by atoms with Crippen LogP contribution in [0.2, 0.25) is 0 Å². The fourth-order valence-corrected chi connectivity index (χ4v) is 3.57. The average molecular weight is 408 g/mol. The molecule has 0 amide bonds. The molecule has 0 saturated carbocycles. The number of carbonyl (C=O) groups is 1. The van der Waals surface area contributed by atoms with Crippen molar-refractivity contribution in [3.63, 3.8) is 0 Å². The molecule has 0 spiro atoms. The molecule has 2 fully saturated rings. The minimum atomic E-state index is -0.186. The second kappa shape index (κ2) is 10.4. The van der Waals surface area contributed by atoms with Crippen LogP contribution in [0.5, 0.6) is 11.5 Å². The highest BCUT2D eigenvalue weighted by Crippen LogP contribution is 2.22. The lowest BCUT2D eigenvalue weighted by molar-refractivity contribution is -0.106. The van der Waals surface area contributed by atoms with Crippen LogP contribution in [-0.4, -0.2) is 31.6 Å². The van der Waals surface area contributed by atoms with Crippen LogP contribution in [0.3, 0.4) is 0 Å². The van der Waals surface area contributed by atoms with Crippen LogP contribution < -0.4 is 9.47 Å². The topological polar surface area (TPSA) is 54.0 Å². The van der Waals surface area contributed by atoms with Crippen LogP contribution in [0.25, 0.3) is 6.08 Å². The van der Waals surface area contributed by atoms with E-state index in [0.29, 0.717) is 5.56 Å². The Hall–Kier alpha value is -2.63. The monoisotopic (exact) mass is 408 g/mol. The normalized spacial score (nSPS) is 22.0. The molecule has 2 aliphatic heterocycles. The van der Waals surface area contributed by atoms with Gasteiger partial charge in [0.2, 0.25) is 0 Å². The van der Waals surface area contributed by atoms with E-state index in [4.69, 9.17) is 18.9 Å². The summed E-state index contributed by atoms with van der Waals surface area (Å²) in [6.45, 7) is 1.49. The fraction of sp³-hybridized carbons (Fsp3) is 0.400. The highest BCUT2D eigenvalue weighted by atomic mass is 16.7. The van der Waals surface area contributed by atoms with Crippen molar-refractivity contribution < 1.29 is 23.7 Å². The van der Waals surface area contributed by atoms with E-state index in [1.54, 1.807) is 24.3 Å². The molecule has 2 heterocycles. The quantitative estimate of drug-likeness (QED) is 0.454. The molecule has 0 N–H and O–H groups in total. The van der Waals surface area contributed by atoms with Crippen molar-refractivity contribution >= 4 is 11.9 Å². The summed E-state index contributed by atoms with van der Waals surface area (Å²) in [6.07, 6.45) is 9.24. The number of ketones is 1. The molecule has 0 aliphatic carbocycles. The first-order chi connectivity index (χ1) is 14.8. The predicted molar refractivity (Wildman–Crippen MR) is 115 cm³/mol. The second-order valence-corrected chi connectivity index (χ2v) is 7.62. The molecule has 2 aliphatic rings. The molecule has 30 heavy (non-hydrogen) atoms. The summed E-state index contributed by atoms with van der Waals surface area (Å²) in [5.74, 6) is 1.41. The van der Waals surface area contributed by atoms with Gasteiger partial charge in [-0.1, -0.05) is 18.2 Å². The number of allylic oxidation sites excluding steroid dienone is 1. The smallest absolute Gasteiger partial charge is 0.199 e. The summed E-state index contributed by atoms with van der Waals surface area (Å²) in [6, 6.07) is 14.9. The number of hydrogen-bond donors (Lipinski definition) is 0. The summed E-state index contributed by atoms with van der Waals surface area (Å²) in [5, 5.41) is 0. The summed E-state index contributed by atoms with van der Waals surface area (Å²) in [5.41, 5.74) is 1.53. The first-order valence-electron chi connectivity index (χ1n) is 10.8. The number of ether oxygens (including phenoxy) is 4. The van der Waals surface area contributed by atoms with Crippen molar-refractivity contribution in [1.82, 2.24) is 0 Å². The summed E-state index contributed by atoms with van der Waals surface area (Å²) in [7, 11) is 0. The van der Waals surface area contributed by atoms with Gasteiger partial charge in [-0.25, -0.2) is 0 Å². The Morgan fingerprint density at radius 3 is 2.13 bits per heavy atom. The SMILES string of the molecule is O=C(/C=C/c1cccc(OC2CCCCO2)c1)c1ccc(OC2CCCCO2)cc1. The molecule has 0 aromatic heterocycles. The van der Waals surface area contributed by atoms with E-state index >= 15 is 0 Å². The van der Waals surface area contributed by atoms with Gasteiger partial charge < -0.3 is 18.9 Å². The van der Waals surface area contributed by atoms with Gasteiger partial charge in [-0.15, -0.1) is 0 Å². The van der Waals surface area contributed by atoms with E-state index in [0.717, 1.165) is 68.8 Å². The lowest BCUT2D eigenvalue weighted by Gasteiger charge is -2.23. The third-order valence-electron chi connectivity index (χ3n) is 5.23. The number of hydrogen-bond acceptors (Lipinski definition) is 5. The third kappa shape index (κ3) is 5.94. The highest BCUT2D eigenvalue weighted by Gasteiger charge is 2.16. The van der Waals surface area contributed by atoms with Gasteiger partial charge in [0.25, 0.3) is 0 Å². The molecule has 4 rings (SSSR count). The Morgan fingerprint density at radius 1 is 0.833 bits per heavy atom. The summed E-state index contributed by atoms with van der Waals surface area (Å²) < 4.78 is 22.9. The van der Waals surface area contributed by atoms with E-state index < -0.39 is 0 Å². The van der Waals surface area contributed by atoms with E-state index in [2.05, 4.69) is 0 Å². The standard InChI is InChI=1S/C25H28O5/c26-23(20-11-13-21(14-12-20)29-24-8-1-3-16-27-24)15-10-19-6-5-7-22(18-19)30-25-9-2-4-17-28-25/h5-7,10-15,18,24-25H,1-4,8-9,16-17H2/b15-10+. The van der Waals surface area contributed by atoms with E-state index in [1.807, 2.05) is 36.4 Å². The van der Waals surface area contributed by atoms with Crippen molar-refractivity contribution in [1.29, 1.82) is 0 Å². The van der Waals surface area contributed by atoms with Crippen molar-refractivity contribution in [3.05, 3.63) is 65.7 Å². The minimum Gasteiger partial charge on any atom is -0.465 e. The van der Waals surface area contributed by atoms with Crippen LogP contribution in [0.4, 0.5) is 0 Å². The van der Waals surface area contributed by atoms with Gasteiger partial charge in [0, 0.05) is 18.4 Å². The van der Waals surface area contributed by atoms with Crippen LogP contribution in [-0.2, 0) is 9.47 Å². The first-order valence-corrected chi connectivity index (χ1v) is 10.8. The minimum absolute atomic E-state index is 0.0580. The molecule has 158 valence electrons. The second-order valence-electron chi connectivity index (χ2n) is 7.62. The molecule has 2 unspecified atom stereocenters. The lowest BCUT2D eigenvalue weighted by Crippen LogP contribution is -2.24. The predicted octanol–water partition coefficient (Wildman–Crippen LogP) is 5.39. The van der Waals surface area contributed by atoms with Crippen LogP contribution >= 0.6 is 0 Å². The molecule has 2 aromatic rings. The Morgan fingerprint density at radius 2 is 1.50 bits per heavy atom. The molecule has 0 radical (unpaired) electrons. The largest absolute Gasteiger partial charge is 0.465 e. The van der Waals surface area contributed by atoms with Crippen molar-refractivity contribution in [2.24, 2.45) is 0 Å². The van der Waals surface area contributed by atoms with Crippen LogP contribution in [0.15, 0.2) is 54.6 Å². The van der Waals surface area contributed by atoms with Crippen LogP contribution in [0, 0.1) is 0 Å². The zero-order valence-electron chi connectivity index (χ0n) is 17.1. The molecular formula is C25H28O5. The Labute approximate surface area is 177 Å². The Bertz CT molecular complexity index is 846. The molecule has 2 saturated heterocycles. The highest BCUT2D eigenvalue weighted by molar-refractivity contribution is 6.06. The van der Waals surface area contributed by atoms with Gasteiger partial charge >= 0.3 is 0 Å². The van der Waals surface area contributed by atoms with Gasteiger partial charge in [0.1, 0.15) is 11.5 Å². The van der Waals surface area contributed by atoms with E-state index in [-0.39, 0.29) is 18.4 Å². The maximum absolute atomic E-state index is 12.5. The molecule has 5 nitrogen and oxygen atoms in total. The zero-order chi connectivity index (χ0) is 20.6. The maximum Gasteiger partial charge on any atom is 0.199 e. The van der Waals surface area contributed by atoms with Crippen molar-refractivity contribution in [3.8, 4) is 11.5 Å². The molecule has 0 bridgehead atoms. The number of rotatable bonds is 7. The zero-order valence-corrected chi connectivity index (χ0v) is 17.1. The van der Waals surface area contributed by atoms with Gasteiger partial charge in [0.05, 0.1) is 13.2 Å². The van der Waals surface area contributed by atoms with Gasteiger partial charge in [-0.2, -0.15) is 0 Å². The van der Waals surface area contributed by atoms with E-state index in [1.165, 1.54) is 0 Å². The average Bonchev–Trinajstić information content (AvgIpc) is 2.80. The fourth-order valence-electron chi connectivity index (χ4n) is 3.57. The molecule has 5 heteroatoms.